The minimum atomic E-state index is -0.743. The highest BCUT2D eigenvalue weighted by Gasteiger charge is 2.69. The molecule has 0 amide bonds. The van der Waals surface area contributed by atoms with E-state index in [2.05, 4.69) is 47.6 Å². The van der Waals surface area contributed by atoms with Crippen molar-refractivity contribution in [1.82, 2.24) is 0 Å². The number of fused-ring (bicyclic) bond motifs is 5. The summed E-state index contributed by atoms with van der Waals surface area (Å²) in [6.07, 6.45) is 9.97. The summed E-state index contributed by atoms with van der Waals surface area (Å²) in [6, 6.07) is 0. The smallest absolute Gasteiger partial charge is 0.333 e. The molecule has 204 valence electrons. The zero-order chi connectivity index (χ0) is 26.9. The van der Waals surface area contributed by atoms with Gasteiger partial charge in [0.2, 0.25) is 0 Å². The highest BCUT2D eigenvalue weighted by atomic mass is 16.5. The summed E-state index contributed by atoms with van der Waals surface area (Å²) in [5, 5.41) is 34.1. The summed E-state index contributed by atoms with van der Waals surface area (Å²) < 4.78 is 4.78. The minimum Gasteiger partial charge on any atom is -0.466 e. The first-order chi connectivity index (χ1) is 16.6. The lowest BCUT2D eigenvalue weighted by Gasteiger charge is -2.68. The number of aliphatic hydroxyl groups is 3. The zero-order valence-electron chi connectivity index (χ0n) is 23.9. The SMILES string of the molecule is COC(=O)/C(C)=C/C(O)C[C@@H](C)[C@]1(C)CC=C2[C@@H]3CC[C@H]4C(C)(C)[C@H](O)CC[C@]4(C)[C@@]3(O)CC[C@]21C. The van der Waals surface area contributed by atoms with Crippen LogP contribution in [0.4, 0.5) is 0 Å². The number of carbonyl (C=O) groups is 1. The van der Waals surface area contributed by atoms with Crippen molar-refractivity contribution in [2.45, 2.75) is 118 Å². The van der Waals surface area contributed by atoms with Crippen molar-refractivity contribution in [2.75, 3.05) is 7.11 Å². The molecule has 5 nitrogen and oxygen atoms in total. The summed E-state index contributed by atoms with van der Waals surface area (Å²) in [7, 11) is 1.36. The van der Waals surface area contributed by atoms with Crippen LogP contribution in [0.3, 0.4) is 0 Å². The Labute approximate surface area is 218 Å². The molecule has 5 heteroatoms. The third-order valence-corrected chi connectivity index (χ3v) is 12.4. The molecule has 4 aliphatic carbocycles. The first kappa shape index (κ1) is 27.9. The maximum atomic E-state index is 12.5. The molecular weight excluding hydrogens is 452 g/mol. The molecule has 0 radical (unpaired) electrons. The maximum Gasteiger partial charge on any atom is 0.333 e. The molecule has 0 aliphatic heterocycles. The van der Waals surface area contributed by atoms with Gasteiger partial charge in [-0.15, -0.1) is 0 Å². The zero-order valence-corrected chi connectivity index (χ0v) is 23.9. The molecule has 3 saturated carbocycles. The molecule has 1 unspecified atom stereocenters. The lowest BCUT2D eigenvalue weighted by atomic mass is 9.39. The van der Waals surface area contributed by atoms with E-state index in [0.717, 1.165) is 44.9 Å². The number of methoxy groups -OCH3 is 1. The van der Waals surface area contributed by atoms with Crippen molar-refractivity contribution in [3.63, 3.8) is 0 Å². The van der Waals surface area contributed by atoms with Crippen molar-refractivity contribution in [3.8, 4) is 0 Å². The Kier molecular flexibility index (Phi) is 6.92. The summed E-state index contributed by atoms with van der Waals surface area (Å²) >= 11 is 0. The maximum absolute atomic E-state index is 12.5. The van der Waals surface area contributed by atoms with Gasteiger partial charge in [-0.2, -0.15) is 0 Å². The van der Waals surface area contributed by atoms with E-state index in [9.17, 15) is 20.1 Å². The van der Waals surface area contributed by atoms with Gasteiger partial charge in [0, 0.05) is 16.9 Å². The number of aliphatic hydroxyl groups excluding tert-OH is 2. The summed E-state index contributed by atoms with van der Waals surface area (Å²) in [4.78, 5) is 11.8. The van der Waals surface area contributed by atoms with Crippen molar-refractivity contribution in [3.05, 3.63) is 23.3 Å². The number of hydrogen-bond donors (Lipinski definition) is 3. The Morgan fingerprint density at radius 2 is 1.81 bits per heavy atom. The van der Waals surface area contributed by atoms with Gasteiger partial charge in [0.15, 0.2) is 0 Å². The highest BCUT2D eigenvalue weighted by Crippen LogP contribution is 2.72. The molecule has 4 rings (SSSR count). The van der Waals surface area contributed by atoms with Crippen molar-refractivity contribution >= 4 is 5.97 Å². The van der Waals surface area contributed by atoms with Crippen LogP contribution in [0, 0.1) is 39.4 Å². The van der Waals surface area contributed by atoms with Crippen LogP contribution in [-0.4, -0.2) is 46.2 Å². The van der Waals surface area contributed by atoms with Gasteiger partial charge >= 0.3 is 5.97 Å². The van der Waals surface area contributed by atoms with E-state index in [1.807, 2.05) is 0 Å². The standard InChI is InChI=1S/C31H50O5/c1-19(26(34)36-8)17-21(32)18-20(2)28(5)13-11-22-23-9-10-24-27(3,4)25(33)12-14-30(24,7)31(23,35)16-15-29(22,28)6/h11,17,20-21,23-25,32-33,35H,9-10,12-16,18H2,1-8H3/b19-17+/t20-,21?,23+,24+,25-,28+,29-,30+,31-/m1/s1. The van der Waals surface area contributed by atoms with Gasteiger partial charge in [-0.1, -0.05) is 53.2 Å². The molecule has 9 atom stereocenters. The normalized spacial score (nSPS) is 45.6. The Morgan fingerprint density at radius 3 is 2.44 bits per heavy atom. The topological polar surface area (TPSA) is 87.0 Å². The molecule has 0 heterocycles. The van der Waals surface area contributed by atoms with E-state index in [0.29, 0.717) is 17.9 Å². The molecule has 3 fully saturated rings. The van der Waals surface area contributed by atoms with E-state index in [4.69, 9.17) is 4.74 Å². The van der Waals surface area contributed by atoms with Gasteiger partial charge in [-0.05, 0) is 92.4 Å². The summed E-state index contributed by atoms with van der Waals surface area (Å²) in [5.41, 5.74) is 0.685. The fourth-order valence-electron chi connectivity index (χ4n) is 9.54. The molecule has 0 aromatic rings. The van der Waals surface area contributed by atoms with Gasteiger partial charge in [0.05, 0.1) is 24.9 Å². The van der Waals surface area contributed by atoms with Crippen LogP contribution in [0.5, 0.6) is 0 Å². The molecule has 0 saturated heterocycles. The van der Waals surface area contributed by atoms with E-state index in [-0.39, 0.29) is 39.6 Å². The quantitative estimate of drug-likeness (QED) is 0.260. The van der Waals surface area contributed by atoms with Crippen LogP contribution < -0.4 is 0 Å². The van der Waals surface area contributed by atoms with E-state index in [1.54, 1.807) is 13.0 Å². The van der Waals surface area contributed by atoms with Crippen LogP contribution in [-0.2, 0) is 9.53 Å². The largest absolute Gasteiger partial charge is 0.466 e. The van der Waals surface area contributed by atoms with Gasteiger partial charge in [0.1, 0.15) is 0 Å². The second-order valence-corrected chi connectivity index (χ2v) is 14.1. The van der Waals surface area contributed by atoms with E-state index in [1.165, 1.54) is 12.7 Å². The second-order valence-electron chi connectivity index (χ2n) is 14.1. The molecule has 0 aromatic carbocycles. The second kappa shape index (κ2) is 8.95. The van der Waals surface area contributed by atoms with Crippen LogP contribution in [0.2, 0.25) is 0 Å². The number of ether oxygens (including phenoxy) is 1. The molecule has 3 N–H and O–H groups in total. The minimum absolute atomic E-state index is 0.0303. The predicted octanol–water partition coefficient (Wildman–Crippen LogP) is 5.57. The van der Waals surface area contributed by atoms with Crippen LogP contribution in [0.15, 0.2) is 23.3 Å². The average molecular weight is 503 g/mol. The fourth-order valence-corrected chi connectivity index (χ4v) is 9.54. The third kappa shape index (κ3) is 3.70. The highest BCUT2D eigenvalue weighted by molar-refractivity contribution is 5.87. The molecule has 0 bridgehead atoms. The predicted molar refractivity (Wildman–Crippen MR) is 142 cm³/mol. The van der Waals surface area contributed by atoms with Crippen molar-refractivity contribution in [2.24, 2.45) is 39.4 Å². The number of rotatable bonds is 5. The van der Waals surface area contributed by atoms with Crippen LogP contribution in [0.25, 0.3) is 0 Å². The summed E-state index contributed by atoms with van der Waals surface area (Å²) in [5.74, 6) is 0.296. The Bertz CT molecular complexity index is 951. The molecule has 36 heavy (non-hydrogen) atoms. The van der Waals surface area contributed by atoms with Crippen molar-refractivity contribution in [1.29, 1.82) is 0 Å². The molecule has 4 aliphatic rings. The first-order valence-corrected chi connectivity index (χ1v) is 14.1. The average Bonchev–Trinajstić information content (AvgIpc) is 3.08. The number of allylic oxidation sites excluding steroid dienone is 1. The number of carbonyl (C=O) groups excluding carboxylic acids is 1. The van der Waals surface area contributed by atoms with E-state index >= 15 is 0 Å². The van der Waals surface area contributed by atoms with Crippen LogP contribution in [0.1, 0.15) is 99.8 Å². The molecule has 0 spiro atoms. The van der Waals surface area contributed by atoms with Gasteiger partial charge < -0.3 is 20.1 Å². The Hall–Kier alpha value is -1.17. The van der Waals surface area contributed by atoms with E-state index < -0.39 is 17.7 Å². The lowest BCUT2D eigenvalue weighted by Crippen LogP contribution is -2.67. The fraction of sp³-hybridized carbons (Fsp3) is 0.839. The summed E-state index contributed by atoms with van der Waals surface area (Å²) in [6.45, 7) is 15.4. The van der Waals surface area contributed by atoms with Gasteiger partial charge in [0.25, 0.3) is 0 Å². The number of hydrogen-bond acceptors (Lipinski definition) is 5. The van der Waals surface area contributed by atoms with Gasteiger partial charge in [-0.3, -0.25) is 0 Å². The molecule has 0 aromatic heterocycles. The monoisotopic (exact) mass is 502 g/mol. The van der Waals surface area contributed by atoms with Crippen LogP contribution >= 0.6 is 0 Å². The lowest BCUT2D eigenvalue weighted by molar-refractivity contribution is -0.243. The Morgan fingerprint density at radius 1 is 1.14 bits per heavy atom. The third-order valence-electron chi connectivity index (χ3n) is 12.4. The van der Waals surface area contributed by atoms with Gasteiger partial charge in [-0.25, -0.2) is 4.79 Å². The molecular formula is C31H50O5. The number of esters is 1. The van der Waals surface area contributed by atoms with Crippen molar-refractivity contribution < 1.29 is 24.9 Å². The Balaban J connectivity index is 1.59. The first-order valence-electron chi connectivity index (χ1n) is 14.1.